The molecule has 0 fully saturated rings. The van der Waals surface area contributed by atoms with E-state index in [-0.39, 0.29) is 5.91 Å². The van der Waals surface area contributed by atoms with Gasteiger partial charge in [0, 0.05) is 41.7 Å². The zero-order valence-electron chi connectivity index (χ0n) is 15.8. The predicted octanol–water partition coefficient (Wildman–Crippen LogP) is 2.29. The monoisotopic (exact) mass is 374 g/mol. The highest BCUT2D eigenvalue weighted by Gasteiger charge is 2.17. The Balaban J connectivity index is 1.41. The van der Waals surface area contributed by atoms with E-state index in [9.17, 15) is 4.79 Å². The first-order valence-electron chi connectivity index (χ1n) is 9.42. The molecule has 4 rings (SSSR count). The molecule has 3 aromatic rings. The normalized spacial score (nSPS) is 12.6. The molecule has 0 radical (unpaired) electrons. The topological polar surface area (TPSA) is 107 Å². The average Bonchev–Trinajstić information content (AvgIpc) is 3.17. The van der Waals surface area contributed by atoms with Crippen molar-refractivity contribution in [2.45, 2.75) is 32.6 Å². The largest absolute Gasteiger partial charge is 0.384 e. The van der Waals surface area contributed by atoms with Gasteiger partial charge in [-0.2, -0.15) is 0 Å². The standard InChI is InChI=1S/C21H22N6O/c1-13-16-6-3-7-17(16)26-19(25-13)9-11-24-21(28)15-5-2-4-14(12-15)20-23-10-8-18(22)27-20/h2,4-5,8,10,12H,3,6-7,9,11H2,1H3,(H,24,28)(H2,22,23,27). The molecular formula is C21H22N6O. The summed E-state index contributed by atoms with van der Waals surface area (Å²) in [5.74, 6) is 1.53. The van der Waals surface area contributed by atoms with Gasteiger partial charge in [0.25, 0.3) is 5.91 Å². The molecule has 28 heavy (non-hydrogen) atoms. The number of aromatic nitrogens is 4. The summed E-state index contributed by atoms with van der Waals surface area (Å²) < 4.78 is 0. The second-order valence-electron chi connectivity index (χ2n) is 6.90. The molecule has 1 aliphatic carbocycles. The van der Waals surface area contributed by atoms with Gasteiger partial charge in [-0.05, 0) is 49.9 Å². The van der Waals surface area contributed by atoms with E-state index >= 15 is 0 Å². The van der Waals surface area contributed by atoms with Crippen LogP contribution in [0.2, 0.25) is 0 Å². The summed E-state index contributed by atoms with van der Waals surface area (Å²) in [6.45, 7) is 2.52. The van der Waals surface area contributed by atoms with Gasteiger partial charge in [-0.1, -0.05) is 12.1 Å². The van der Waals surface area contributed by atoms with Gasteiger partial charge in [0.1, 0.15) is 11.6 Å². The number of carbonyl (C=O) groups excluding carboxylic acids is 1. The molecule has 7 nitrogen and oxygen atoms in total. The number of benzene rings is 1. The van der Waals surface area contributed by atoms with Crippen molar-refractivity contribution in [3.8, 4) is 11.4 Å². The van der Waals surface area contributed by atoms with Crippen LogP contribution < -0.4 is 11.1 Å². The molecule has 0 spiro atoms. The van der Waals surface area contributed by atoms with Crippen molar-refractivity contribution in [1.82, 2.24) is 25.3 Å². The van der Waals surface area contributed by atoms with Crippen molar-refractivity contribution >= 4 is 11.7 Å². The van der Waals surface area contributed by atoms with Crippen LogP contribution in [0.4, 0.5) is 5.82 Å². The quantitative estimate of drug-likeness (QED) is 0.710. The van der Waals surface area contributed by atoms with Crippen molar-refractivity contribution in [3.63, 3.8) is 0 Å². The Morgan fingerprint density at radius 1 is 1.18 bits per heavy atom. The van der Waals surface area contributed by atoms with Crippen molar-refractivity contribution in [3.05, 3.63) is 64.9 Å². The highest BCUT2D eigenvalue weighted by molar-refractivity contribution is 5.95. The second-order valence-corrected chi connectivity index (χ2v) is 6.90. The van der Waals surface area contributed by atoms with Gasteiger partial charge in [0.2, 0.25) is 0 Å². The third-order valence-corrected chi connectivity index (χ3v) is 4.88. The molecule has 7 heteroatoms. The number of amides is 1. The Morgan fingerprint density at radius 2 is 2.07 bits per heavy atom. The summed E-state index contributed by atoms with van der Waals surface area (Å²) in [5, 5.41) is 2.94. The molecule has 1 amide bonds. The number of carbonyl (C=O) groups is 1. The molecule has 1 aliphatic rings. The van der Waals surface area contributed by atoms with Gasteiger partial charge in [-0.25, -0.2) is 19.9 Å². The third kappa shape index (κ3) is 3.83. The number of nitrogens with one attached hydrogen (secondary N) is 1. The van der Waals surface area contributed by atoms with Crippen molar-refractivity contribution in [1.29, 1.82) is 0 Å². The first-order valence-corrected chi connectivity index (χ1v) is 9.42. The summed E-state index contributed by atoms with van der Waals surface area (Å²) in [6, 6.07) is 8.82. The molecule has 0 saturated heterocycles. The summed E-state index contributed by atoms with van der Waals surface area (Å²) in [7, 11) is 0. The van der Waals surface area contributed by atoms with E-state index in [0.29, 0.717) is 30.2 Å². The van der Waals surface area contributed by atoms with Crippen LogP contribution in [0.1, 0.15) is 39.6 Å². The van der Waals surface area contributed by atoms with E-state index in [0.717, 1.165) is 36.3 Å². The molecule has 142 valence electrons. The molecule has 0 aliphatic heterocycles. The van der Waals surface area contributed by atoms with Crippen LogP contribution in [-0.4, -0.2) is 32.4 Å². The number of aryl methyl sites for hydroxylation is 2. The Hall–Kier alpha value is -3.35. The van der Waals surface area contributed by atoms with Crippen LogP contribution in [0.5, 0.6) is 0 Å². The number of hydrogen-bond donors (Lipinski definition) is 2. The average molecular weight is 374 g/mol. The van der Waals surface area contributed by atoms with E-state index in [1.165, 1.54) is 11.3 Å². The Bertz CT molecular complexity index is 1030. The van der Waals surface area contributed by atoms with Gasteiger partial charge in [-0.15, -0.1) is 0 Å². The predicted molar refractivity (Wildman–Crippen MR) is 107 cm³/mol. The first kappa shape index (κ1) is 18.0. The molecule has 0 bridgehead atoms. The van der Waals surface area contributed by atoms with Crippen molar-refractivity contribution < 1.29 is 4.79 Å². The van der Waals surface area contributed by atoms with Crippen LogP contribution in [0.3, 0.4) is 0 Å². The number of hydrogen-bond acceptors (Lipinski definition) is 6. The van der Waals surface area contributed by atoms with Crippen LogP contribution in [0.15, 0.2) is 36.5 Å². The Kier molecular flexibility index (Phi) is 4.97. The number of nitrogens with zero attached hydrogens (tertiary/aromatic N) is 4. The maximum absolute atomic E-state index is 12.5. The molecular weight excluding hydrogens is 352 g/mol. The molecule has 1 aromatic carbocycles. The molecule has 3 N–H and O–H groups in total. The van der Waals surface area contributed by atoms with Gasteiger partial charge in [0.15, 0.2) is 5.82 Å². The fourth-order valence-electron chi connectivity index (χ4n) is 3.50. The van der Waals surface area contributed by atoms with E-state index in [1.54, 1.807) is 24.4 Å². The lowest BCUT2D eigenvalue weighted by molar-refractivity contribution is 0.0954. The fourth-order valence-corrected chi connectivity index (χ4v) is 3.50. The van der Waals surface area contributed by atoms with Gasteiger partial charge >= 0.3 is 0 Å². The maximum atomic E-state index is 12.5. The number of nitrogens with two attached hydrogens (primary N) is 1. The first-order chi connectivity index (χ1) is 13.6. The molecule has 0 saturated carbocycles. The lowest BCUT2D eigenvalue weighted by Crippen LogP contribution is -2.26. The summed E-state index contributed by atoms with van der Waals surface area (Å²) in [6.07, 6.45) is 5.46. The van der Waals surface area contributed by atoms with Crippen LogP contribution in [-0.2, 0) is 19.3 Å². The van der Waals surface area contributed by atoms with Crippen molar-refractivity contribution in [2.75, 3.05) is 12.3 Å². The zero-order valence-corrected chi connectivity index (χ0v) is 15.8. The Morgan fingerprint density at radius 3 is 2.93 bits per heavy atom. The smallest absolute Gasteiger partial charge is 0.251 e. The second kappa shape index (κ2) is 7.72. The fraction of sp³-hybridized carbons (Fsp3) is 0.286. The number of nitrogen functional groups attached to an aromatic ring is 1. The lowest BCUT2D eigenvalue weighted by atomic mass is 10.1. The third-order valence-electron chi connectivity index (χ3n) is 4.88. The number of fused-ring (bicyclic) bond motifs is 1. The zero-order chi connectivity index (χ0) is 19.5. The molecule has 2 heterocycles. The lowest BCUT2D eigenvalue weighted by Gasteiger charge is -2.09. The summed E-state index contributed by atoms with van der Waals surface area (Å²) >= 11 is 0. The Labute approximate surface area is 163 Å². The minimum absolute atomic E-state index is 0.149. The van der Waals surface area contributed by atoms with Crippen LogP contribution >= 0.6 is 0 Å². The van der Waals surface area contributed by atoms with Gasteiger partial charge in [0.05, 0.1) is 0 Å². The molecule has 2 aromatic heterocycles. The maximum Gasteiger partial charge on any atom is 0.251 e. The van der Waals surface area contributed by atoms with Gasteiger partial charge < -0.3 is 11.1 Å². The van der Waals surface area contributed by atoms with Crippen LogP contribution in [0.25, 0.3) is 11.4 Å². The van der Waals surface area contributed by atoms with E-state index in [1.807, 2.05) is 19.1 Å². The number of anilines is 1. The molecule has 0 atom stereocenters. The highest BCUT2D eigenvalue weighted by Crippen LogP contribution is 2.22. The SMILES string of the molecule is Cc1nc(CCNC(=O)c2cccc(-c3nccc(N)n3)c2)nc2c1CCC2. The molecule has 0 unspecified atom stereocenters. The van der Waals surface area contributed by atoms with Crippen molar-refractivity contribution in [2.24, 2.45) is 0 Å². The van der Waals surface area contributed by atoms with E-state index < -0.39 is 0 Å². The summed E-state index contributed by atoms with van der Waals surface area (Å²) in [5.41, 5.74) is 10.6. The number of rotatable bonds is 5. The van der Waals surface area contributed by atoms with Gasteiger partial charge in [-0.3, -0.25) is 4.79 Å². The van der Waals surface area contributed by atoms with E-state index in [2.05, 4.69) is 25.3 Å². The van der Waals surface area contributed by atoms with E-state index in [4.69, 9.17) is 5.73 Å². The minimum atomic E-state index is -0.149. The minimum Gasteiger partial charge on any atom is -0.384 e. The highest BCUT2D eigenvalue weighted by atomic mass is 16.1. The summed E-state index contributed by atoms with van der Waals surface area (Å²) in [4.78, 5) is 30.2. The van der Waals surface area contributed by atoms with Crippen LogP contribution in [0, 0.1) is 6.92 Å².